The molecule has 0 fully saturated rings. The van der Waals surface area contributed by atoms with Gasteiger partial charge in [0.05, 0.1) is 5.56 Å². The second kappa shape index (κ2) is 7.09. The average Bonchev–Trinajstić information content (AvgIpc) is 2.52. The fraction of sp³-hybridized carbons (Fsp3) is 0.118. The number of para-hydroxylation sites is 1. The van der Waals surface area contributed by atoms with Crippen molar-refractivity contribution in [3.63, 3.8) is 0 Å². The first-order chi connectivity index (χ1) is 10.2. The zero-order valence-electron chi connectivity index (χ0n) is 11.1. The molecule has 0 aliphatic carbocycles. The van der Waals surface area contributed by atoms with Gasteiger partial charge >= 0.3 is 0 Å². The molecule has 0 radical (unpaired) electrons. The summed E-state index contributed by atoms with van der Waals surface area (Å²) >= 11 is 0. The number of nitrogens with zero attached hydrogens (tertiary/aromatic N) is 1. The second-order valence-electron chi connectivity index (χ2n) is 4.16. The van der Waals surface area contributed by atoms with Crippen molar-refractivity contribution in [1.29, 1.82) is 5.26 Å². The van der Waals surface area contributed by atoms with Gasteiger partial charge in [-0.1, -0.05) is 30.0 Å². The van der Waals surface area contributed by atoms with Crippen molar-refractivity contribution in [2.75, 3.05) is 6.61 Å². The van der Waals surface area contributed by atoms with Gasteiger partial charge in [-0.15, -0.1) is 0 Å². The normalized spacial score (nSPS) is 9.38. The molecule has 4 heteroatoms. The molecule has 1 N–H and O–H groups in total. The van der Waals surface area contributed by atoms with E-state index in [-0.39, 0.29) is 13.2 Å². The average molecular weight is 281 g/mol. The van der Waals surface area contributed by atoms with Crippen molar-refractivity contribution in [3.05, 3.63) is 65.0 Å². The van der Waals surface area contributed by atoms with Crippen molar-refractivity contribution in [2.24, 2.45) is 0 Å². The third kappa shape index (κ3) is 3.82. The van der Waals surface area contributed by atoms with Crippen LogP contribution >= 0.6 is 0 Å². The number of hydrogen-bond donors (Lipinski definition) is 1. The number of rotatable bonds is 3. The third-order valence-electron chi connectivity index (χ3n) is 2.76. The standard InChI is InChI=1S/C17H12FNO2/c18-16-8-7-15(13(10-16)5-3-9-20)12-21-17-6-2-1-4-14(17)11-19/h1-2,4,6-8,10,20H,9,12H2. The van der Waals surface area contributed by atoms with Crippen LogP contribution in [0.3, 0.4) is 0 Å². The lowest BCUT2D eigenvalue weighted by molar-refractivity contribution is 0.305. The molecule has 0 spiro atoms. The van der Waals surface area contributed by atoms with Gasteiger partial charge in [0, 0.05) is 11.1 Å². The van der Waals surface area contributed by atoms with Gasteiger partial charge in [-0.05, 0) is 24.3 Å². The maximum Gasteiger partial charge on any atom is 0.137 e. The van der Waals surface area contributed by atoms with Gasteiger partial charge in [0.15, 0.2) is 0 Å². The van der Waals surface area contributed by atoms with Gasteiger partial charge in [0.1, 0.15) is 30.8 Å². The smallest absolute Gasteiger partial charge is 0.137 e. The Hall–Kier alpha value is -2.82. The summed E-state index contributed by atoms with van der Waals surface area (Å²) in [6.07, 6.45) is 0. The third-order valence-corrected chi connectivity index (χ3v) is 2.76. The van der Waals surface area contributed by atoms with Crippen LogP contribution in [0.15, 0.2) is 42.5 Å². The lowest BCUT2D eigenvalue weighted by atomic mass is 10.1. The quantitative estimate of drug-likeness (QED) is 0.880. The molecular formula is C17H12FNO2. The van der Waals surface area contributed by atoms with Gasteiger partial charge in [-0.3, -0.25) is 0 Å². The summed E-state index contributed by atoms with van der Waals surface area (Å²) in [4.78, 5) is 0. The molecular weight excluding hydrogens is 269 g/mol. The molecule has 0 aliphatic heterocycles. The van der Waals surface area contributed by atoms with Crippen molar-refractivity contribution in [2.45, 2.75) is 6.61 Å². The fourth-order valence-electron chi connectivity index (χ4n) is 1.77. The Morgan fingerprint density at radius 1 is 1.14 bits per heavy atom. The number of benzene rings is 2. The van der Waals surface area contributed by atoms with Crippen LogP contribution in [0.2, 0.25) is 0 Å². The number of aliphatic hydroxyl groups excluding tert-OH is 1. The van der Waals surface area contributed by atoms with E-state index in [4.69, 9.17) is 15.1 Å². The highest BCUT2D eigenvalue weighted by molar-refractivity contribution is 5.44. The lowest BCUT2D eigenvalue weighted by Gasteiger charge is -2.09. The number of halogens is 1. The molecule has 0 saturated carbocycles. The van der Waals surface area contributed by atoms with E-state index in [9.17, 15) is 4.39 Å². The van der Waals surface area contributed by atoms with Crippen molar-refractivity contribution in [1.82, 2.24) is 0 Å². The zero-order valence-corrected chi connectivity index (χ0v) is 11.1. The lowest BCUT2D eigenvalue weighted by Crippen LogP contribution is -2.00. The molecule has 0 amide bonds. The Morgan fingerprint density at radius 3 is 2.71 bits per heavy atom. The van der Waals surface area contributed by atoms with Crippen LogP contribution in [0.4, 0.5) is 4.39 Å². The highest BCUT2D eigenvalue weighted by Gasteiger charge is 2.06. The molecule has 3 nitrogen and oxygen atoms in total. The number of aliphatic hydroxyl groups is 1. The number of nitriles is 1. The summed E-state index contributed by atoms with van der Waals surface area (Å²) in [5.41, 5.74) is 1.58. The molecule has 0 atom stereocenters. The largest absolute Gasteiger partial charge is 0.487 e. The van der Waals surface area contributed by atoms with Gasteiger partial charge in [0.2, 0.25) is 0 Å². The summed E-state index contributed by atoms with van der Waals surface area (Å²) in [6, 6.07) is 13.1. The van der Waals surface area contributed by atoms with Crippen LogP contribution in [0.5, 0.6) is 5.75 Å². The minimum Gasteiger partial charge on any atom is -0.487 e. The molecule has 0 bridgehead atoms. The molecule has 21 heavy (non-hydrogen) atoms. The Balaban J connectivity index is 2.22. The molecule has 0 unspecified atom stereocenters. The van der Waals surface area contributed by atoms with E-state index in [2.05, 4.69) is 11.8 Å². The molecule has 0 saturated heterocycles. The SMILES string of the molecule is N#Cc1ccccc1OCc1ccc(F)cc1C#CCO. The van der Waals surface area contributed by atoms with E-state index in [1.54, 1.807) is 30.3 Å². The van der Waals surface area contributed by atoms with Crippen molar-refractivity contribution < 1.29 is 14.2 Å². The molecule has 0 aliphatic rings. The highest BCUT2D eigenvalue weighted by Crippen LogP contribution is 2.19. The summed E-state index contributed by atoms with van der Waals surface area (Å²) in [5, 5.41) is 17.7. The first-order valence-electron chi connectivity index (χ1n) is 6.24. The van der Waals surface area contributed by atoms with Crippen LogP contribution in [0.25, 0.3) is 0 Å². The van der Waals surface area contributed by atoms with Crippen LogP contribution in [-0.4, -0.2) is 11.7 Å². The Kier molecular flexibility index (Phi) is 4.93. The van der Waals surface area contributed by atoms with Crippen LogP contribution < -0.4 is 4.74 Å². The Morgan fingerprint density at radius 2 is 1.95 bits per heavy atom. The molecule has 104 valence electrons. The fourth-order valence-corrected chi connectivity index (χ4v) is 1.77. The second-order valence-corrected chi connectivity index (χ2v) is 4.16. The molecule has 0 aromatic heterocycles. The van der Waals surface area contributed by atoms with Gasteiger partial charge < -0.3 is 9.84 Å². The van der Waals surface area contributed by atoms with Crippen LogP contribution in [0, 0.1) is 29.0 Å². The maximum atomic E-state index is 13.2. The first kappa shape index (κ1) is 14.6. The summed E-state index contributed by atoms with van der Waals surface area (Å²) < 4.78 is 18.8. The van der Waals surface area contributed by atoms with Crippen molar-refractivity contribution >= 4 is 0 Å². The van der Waals surface area contributed by atoms with Crippen LogP contribution in [0.1, 0.15) is 16.7 Å². The van der Waals surface area contributed by atoms with E-state index in [0.29, 0.717) is 22.4 Å². The predicted molar refractivity (Wildman–Crippen MR) is 75.9 cm³/mol. The summed E-state index contributed by atoms with van der Waals surface area (Å²) in [6.45, 7) is -0.136. The molecule has 2 rings (SSSR count). The minimum atomic E-state index is -0.404. The first-order valence-corrected chi connectivity index (χ1v) is 6.24. The van der Waals surface area contributed by atoms with Gasteiger partial charge in [0.25, 0.3) is 0 Å². The van der Waals surface area contributed by atoms with E-state index >= 15 is 0 Å². The zero-order chi connectivity index (χ0) is 15.1. The number of ether oxygens (including phenoxy) is 1. The maximum absolute atomic E-state index is 13.2. The van der Waals surface area contributed by atoms with Gasteiger partial charge in [-0.2, -0.15) is 5.26 Å². The van der Waals surface area contributed by atoms with E-state index in [1.807, 2.05) is 6.07 Å². The summed E-state index contributed by atoms with van der Waals surface area (Å²) in [7, 11) is 0. The minimum absolute atomic E-state index is 0.161. The molecule has 2 aromatic rings. The van der Waals surface area contributed by atoms with E-state index in [1.165, 1.54) is 12.1 Å². The summed E-state index contributed by atoms with van der Waals surface area (Å²) in [5.74, 6) is 5.23. The number of hydrogen-bond acceptors (Lipinski definition) is 3. The topological polar surface area (TPSA) is 53.2 Å². The van der Waals surface area contributed by atoms with E-state index < -0.39 is 5.82 Å². The predicted octanol–water partition coefficient (Wildman–Crippen LogP) is 2.62. The monoisotopic (exact) mass is 281 g/mol. The molecule has 0 heterocycles. The molecule has 2 aromatic carbocycles. The Bertz CT molecular complexity index is 738. The van der Waals surface area contributed by atoms with Gasteiger partial charge in [-0.25, -0.2) is 4.39 Å². The highest BCUT2D eigenvalue weighted by atomic mass is 19.1. The Labute approximate surface area is 122 Å². The van der Waals surface area contributed by atoms with E-state index in [0.717, 1.165) is 0 Å². The van der Waals surface area contributed by atoms with Crippen molar-refractivity contribution in [3.8, 4) is 23.7 Å². The van der Waals surface area contributed by atoms with Crippen LogP contribution in [-0.2, 0) is 6.61 Å².